The zero-order valence-electron chi connectivity index (χ0n) is 18.3. The summed E-state index contributed by atoms with van der Waals surface area (Å²) >= 11 is 1.46. The second-order valence-electron chi connectivity index (χ2n) is 7.70. The van der Waals surface area contributed by atoms with Gasteiger partial charge in [-0.15, -0.1) is 11.8 Å². The molecule has 6 nitrogen and oxygen atoms in total. The van der Waals surface area contributed by atoms with Crippen molar-refractivity contribution >= 4 is 35.0 Å². The van der Waals surface area contributed by atoms with Crippen LogP contribution in [-0.2, 0) is 9.59 Å². The molecule has 3 rings (SSSR count). The van der Waals surface area contributed by atoms with Gasteiger partial charge in [-0.3, -0.25) is 9.59 Å². The van der Waals surface area contributed by atoms with E-state index in [1.165, 1.54) is 18.2 Å². The van der Waals surface area contributed by atoms with Gasteiger partial charge in [-0.25, -0.2) is 0 Å². The molecule has 166 valence electrons. The van der Waals surface area contributed by atoms with Gasteiger partial charge in [-0.05, 0) is 44.0 Å². The predicted octanol–water partition coefficient (Wildman–Crippen LogP) is 5.34. The fourth-order valence-electron chi connectivity index (χ4n) is 3.61. The summed E-state index contributed by atoms with van der Waals surface area (Å²) in [6.45, 7) is 1.86. The first-order chi connectivity index (χ1) is 15.0. The Hall–Kier alpha value is -2.67. The monoisotopic (exact) mass is 442 g/mol. The molecule has 1 fully saturated rings. The van der Waals surface area contributed by atoms with Crippen LogP contribution in [0.5, 0.6) is 11.5 Å². The number of nitrogens with one attached hydrogen (secondary N) is 2. The molecule has 1 aliphatic rings. The van der Waals surface area contributed by atoms with E-state index in [-0.39, 0.29) is 23.0 Å². The smallest absolute Gasteiger partial charge is 0.237 e. The molecule has 7 heteroatoms. The standard InChI is InChI=1S/C24H30N2O4S/c1-16(23(27)26-19-13-20(29-2)15-21(14-19)30-3)31-22-11-9-18(10-12-22)25-24(28)17-7-5-4-6-8-17/h9-17H,4-8H2,1-3H3,(H,25,28)(H,26,27). The number of hydrogen-bond acceptors (Lipinski definition) is 5. The summed E-state index contributed by atoms with van der Waals surface area (Å²) in [4.78, 5) is 26.0. The Labute approximate surface area is 188 Å². The largest absolute Gasteiger partial charge is 0.497 e. The summed E-state index contributed by atoms with van der Waals surface area (Å²) in [5.74, 6) is 1.35. The van der Waals surface area contributed by atoms with E-state index in [1.807, 2.05) is 31.2 Å². The predicted molar refractivity (Wildman–Crippen MR) is 125 cm³/mol. The first-order valence-electron chi connectivity index (χ1n) is 10.6. The van der Waals surface area contributed by atoms with Gasteiger partial charge < -0.3 is 20.1 Å². The van der Waals surface area contributed by atoms with E-state index in [2.05, 4.69) is 10.6 Å². The summed E-state index contributed by atoms with van der Waals surface area (Å²) in [5, 5.41) is 5.62. The summed E-state index contributed by atoms with van der Waals surface area (Å²) in [6.07, 6.45) is 5.45. The number of amides is 2. The van der Waals surface area contributed by atoms with Crippen LogP contribution in [0.3, 0.4) is 0 Å². The van der Waals surface area contributed by atoms with Crippen molar-refractivity contribution in [1.29, 1.82) is 0 Å². The maximum atomic E-state index is 12.6. The van der Waals surface area contributed by atoms with Crippen molar-refractivity contribution in [3.05, 3.63) is 42.5 Å². The lowest BCUT2D eigenvalue weighted by Crippen LogP contribution is -2.24. The van der Waals surface area contributed by atoms with E-state index in [4.69, 9.17) is 9.47 Å². The van der Waals surface area contributed by atoms with Crippen LogP contribution in [0, 0.1) is 5.92 Å². The average molecular weight is 443 g/mol. The lowest BCUT2D eigenvalue weighted by atomic mass is 9.88. The number of methoxy groups -OCH3 is 2. The fraction of sp³-hybridized carbons (Fsp3) is 0.417. The summed E-state index contributed by atoms with van der Waals surface area (Å²) in [7, 11) is 3.14. The van der Waals surface area contributed by atoms with Crippen LogP contribution in [0.4, 0.5) is 11.4 Å². The van der Waals surface area contributed by atoms with Crippen LogP contribution in [-0.4, -0.2) is 31.3 Å². The first-order valence-corrected chi connectivity index (χ1v) is 11.5. The number of carbonyl (C=O) groups is 2. The third-order valence-electron chi connectivity index (χ3n) is 5.40. The molecular weight excluding hydrogens is 412 g/mol. The third-order valence-corrected chi connectivity index (χ3v) is 6.51. The topological polar surface area (TPSA) is 76.7 Å². The molecule has 2 amide bonds. The van der Waals surface area contributed by atoms with Crippen molar-refractivity contribution in [3.8, 4) is 11.5 Å². The zero-order valence-corrected chi connectivity index (χ0v) is 19.1. The van der Waals surface area contributed by atoms with Crippen molar-refractivity contribution in [2.45, 2.75) is 49.2 Å². The minimum absolute atomic E-state index is 0.113. The fourth-order valence-corrected chi connectivity index (χ4v) is 4.47. The van der Waals surface area contributed by atoms with Crippen molar-refractivity contribution in [1.82, 2.24) is 0 Å². The quantitative estimate of drug-likeness (QED) is 0.540. The molecule has 0 radical (unpaired) electrons. The van der Waals surface area contributed by atoms with Gasteiger partial charge in [-0.1, -0.05) is 19.3 Å². The highest BCUT2D eigenvalue weighted by Gasteiger charge is 2.21. The highest BCUT2D eigenvalue weighted by molar-refractivity contribution is 8.00. The Morgan fingerprint density at radius 1 is 0.903 bits per heavy atom. The van der Waals surface area contributed by atoms with Crippen LogP contribution in [0.25, 0.3) is 0 Å². The summed E-state index contributed by atoms with van der Waals surface area (Å²) < 4.78 is 10.5. The second kappa shape index (κ2) is 11.1. The van der Waals surface area contributed by atoms with E-state index in [0.717, 1.165) is 36.3 Å². The minimum Gasteiger partial charge on any atom is -0.497 e. The van der Waals surface area contributed by atoms with E-state index in [1.54, 1.807) is 32.4 Å². The van der Waals surface area contributed by atoms with Gasteiger partial charge in [0.05, 0.1) is 19.5 Å². The molecule has 2 aromatic rings. The van der Waals surface area contributed by atoms with E-state index in [0.29, 0.717) is 17.2 Å². The molecule has 2 aromatic carbocycles. The number of carbonyl (C=O) groups excluding carboxylic acids is 2. The molecule has 0 bridgehead atoms. The Morgan fingerprint density at radius 2 is 1.52 bits per heavy atom. The van der Waals surface area contributed by atoms with Crippen LogP contribution < -0.4 is 20.1 Å². The number of thioether (sulfide) groups is 1. The number of hydrogen-bond donors (Lipinski definition) is 2. The zero-order chi connectivity index (χ0) is 22.2. The highest BCUT2D eigenvalue weighted by atomic mass is 32.2. The Bertz CT molecular complexity index is 873. The van der Waals surface area contributed by atoms with E-state index < -0.39 is 0 Å². The van der Waals surface area contributed by atoms with Gasteiger partial charge in [0.2, 0.25) is 11.8 Å². The van der Waals surface area contributed by atoms with Gasteiger partial charge in [0.25, 0.3) is 0 Å². The molecule has 0 spiro atoms. The Morgan fingerprint density at radius 3 is 2.10 bits per heavy atom. The summed E-state index contributed by atoms with van der Waals surface area (Å²) in [6, 6.07) is 12.9. The molecule has 1 aliphatic carbocycles. The number of ether oxygens (including phenoxy) is 2. The molecule has 0 heterocycles. The van der Waals surface area contributed by atoms with Crippen molar-refractivity contribution in [2.75, 3.05) is 24.9 Å². The Kier molecular flexibility index (Phi) is 8.23. The maximum absolute atomic E-state index is 12.6. The van der Waals surface area contributed by atoms with Gasteiger partial charge in [-0.2, -0.15) is 0 Å². The molecule has 1 atom stereocenters. The molecule has 0 aliphatic heterocycles. The SMILES string of the molecule is COc1cc(NC(=O)C(C)Sc2ccc(NC(=O)C3CCCCC3)cc2)cc(OC)c1. The third kappa shape index (κ3) is 6.66. The average Bonchev–Trinajstić information content (AvgIpc) is 2.80. The highest BCUT2D eigenvalue weighted by Crippen LogP contribution is 2.29. The van der Waals surface area contributed by atoms with Crippen LogP contribution >= 0.6 is 11.8 Å². The van der Waals surface area contributed by atoms with E-state index >= 15 is 0 Å². The van der Waals surface area contributed by atoms with Crippen molar-refractivity contribution in [3.63, 3.8) is 0 Å². The maximum Gasteiger partial charge on any atom is 0.237 e. The number of anilines is 2. The lowest BCUT2D eigenvalue weighted by Gasteiger charge is -2.20. The molecule has 1 saturated carbocycles. The van der Waals surface area contributed by atoms with E-state index in [9.17, 15) is 9.59 Å². The van der Waals surface area contributed by atoms with Crippen LogP contribution in [0.15, 0.2) is 47.4 Å². The first kappa shape index (κ1) is 23.0. The minimum atomic E-state index is -0.306. The second-order valence-corrected chi connectivity index (χ2v) is 9.11. The van der Waals surface area contributed by atoms with Gasteiger partial charge >= 0.3 is 0 Å². The van der Waals surface area contributed by atoms with Crippen LogP contribution in [0.1, 0.15) is 39.0 Å². The molecular formula is C24H30N2O4S. The van der Waals surface area contributed by atoms with Gasteiger partial charge in [0, 0.05) is 40.4 Å². The molecule has 2 N–H and O–H groups in total. The van der Waals surface area contributed by atoms with Gasteiger partial charge in [0.15, 0.2) is 0 Å². The molecule has 31 heavy (non-hydrogen) atoms. The normalized spacial score (nSPS) is 15.1. The molecule has 1 unspecified atom stereocenters. The summed E-state index contributed by atoms with van der Waals surface area (Å²) in [5.41, 5.74) is 1.41. The van der Waals surface area contributed by atoms with Crippen molar-refractivity contribution < 1.29 is 19.1 Å². The molecule has 0 aromatic heterocycles. The lowest BCUT2D eigenvalue weighted by molar-refractivity contribution is -0.120. The van der Waals surface area contributed by atoms with Crippen LogP contribution in [0.2, 0.25) is 0 Å². The number of benzene rings is 2. The molecule has 0 saturated heterocycles. The Balaban J connectivity index is 1.54. The van der Waals surface area contributed by atoms with Gasteiger partial charge in [0.1, 0.15) is 11.5 Å². The number of rotatable bonds is 8. The van der Waals surface area contributed by atoms with Crippen molar-refractivity contribution in [2.24, 2.45) is 5.92 Å².